The van der Waals surface area contributed by atoms with Crippen LogP contribution in [0.3, 0.4) is 0 Å². The van der Waals surface area contributed by atoms with Gasteiger partial charge in [-0.25, -0.2) is 4.98 Å². The van der Waals surface area contributed by atoms with E-state index in [0.29, 0.717) is 0 Å². The Labute approximate surface area is 90.7 Å². The molecule has 7 heteroatoms. The fourth-order valence-electron chi connectivity index (χ4n) is 1.00. The number of rotatable bonds is 4. The smallest absolute Gasteiger partial charge is 0.295 e. The molecule has 0 spiro atoms. The van der Waals surface area contributed by atoms with Gasteiger partial charge in [0.1, 0.15) is 5.69 Å². The summed E-state index contributed by atoms with van der Waals surface area (Å²) in [5, 5.41) is 10.6. The molecule has 1 aromatic heterocycles. The minimum atomic E-state index is -0.709. The Hall–Kier alpha value is -2.44. The molecule has 0 atom stereocenters. The first kappa shape index (κ1) is 11.6. The quantitative estimate of drug-likeness (QED) is 0.454. The van der Waals surface area contributed by atoms with E-state index >= 15 is 0 Å². The van der Waals surface area contributed by atoms with E-state index in [1.807, 2.05) is 0 Å². The number of hydrogen-bond acceptors (Lipinski definition) is 5. The van der Waals surface area contributed by atoms with E-state index in [4.69, 9.17) is 10.5 Å². The van der Waals surface area contributed by atoms with Gasteiger partial charge in [0, 0.05) is 18.2 Å². The zero-order chi connectivity index (χ0) is 12.1. The van der Waals surface area contributed by atoms with Crippen LogP contribution in [0.4, 0.5) is 5.69 Å². The largest absolute Gasteiger partial charge is 0.481 e. The molecule has 0 aromatic carbocycles. The van der Waals surface area contributed by atoms with Crippen molar-refractivity contribution in [1.29, 1.82) is 0 Å². The summed E-state index contributed by atoms with van der Waals surface area (Å²) in [5.74, 6) is -0.492. The van der Waals surface area contributed by atoms with Crippen molar-refractivity contribution in [2.75, 3.05) is 7.11 Å². The standard InChI is InChI=1S/C9H9N3O4/c1-16-9-5-3-7(12(14)15)6(11-9)2-4-8(10)13/h2-5H,1H3,(H2,10,13). The molecule has 0 aliphatic carbocycles. The summed E-state index contributed by atoms with van der Waals surface area (Å²) in [6.07, 6.45) is 2.16. The van der Waals surface area contributed by atoms with Gasteiger partial charge in [-0.2, -0.15) is 0 Å². The molecule has 0 radical (unpaired) electrons. The van der Waals surface area contributed by atoms with E-state index in [1.54, 1.807) is 0 Å². The number of nitrogens with zero attached hydrogens (tertiary/aromatic N) is 2. The second-order valence-electron chi connectivity index (χ2n) is 2.75. The molecule has 84 valence electrons. The van der Waals surface area contributed by atoms with Gasteiger partial charge < -0.3 is 10.5 Å². The molecular formula is C9H9N3O4. The maximum absolute atomic E-state index is 10.6. The molecule has 0 aliphatic heterocycles. The Kier molecular flexibility index (Phi) is 3.54. The number of ether oxygens (including phenoxy) is 1. The van der Waals surface area contributed by atoms with Crippen LogP contribution < -0.4 is 10.5 Å². The van der Waals surface area contributed by atoms with Gasteiger partial charge in [0.2, 0.25) is 11.8 Å². The first-order chi connectivity index (χ1) is 7.54. The van der Waals surface area contributed by atoms with Gasteiger partial charge in [-0.1, -0.05) is 0 Å². The van der Waals surface area contributed by atoms with E-state index < -0.39 is 10.8 Å². The third-order valence-corrected chi connectivity index (χ3v) is 1.69. The first-order valence-corrected chi connectivity index (χ1v) is 4.21. The van der Waals surface area contributed by atoms with Crippen LogP contribution >= 0.6 is 0 Å². The highest BCUT2D eigenvalue weighted by Crippen LogP contribution is 2.21. The predicted molar refractivity (Wildman–Crippen MR) is 55.7 cm³/mol. The van der Waals surface area contributed by atoms with Gasteiger partial charge in [0.05, 0.1) is 12.0 Å². The highest BCUT2D eigenvalue weighted by Gasteiger charge is 2.13. The van der Waals surface area contributed by atoms with Crippen LogP contribution in [0.5, 0.6) is 5.88 Å². The van der Waals surface area contributed by atoms with Gasteiger partial charge in [-0.3, -0.25) is 14.9 Å². The lowest BCUT2D eigenvalue weighted by Gasteiger charge is -2.00. The number of nitro groups is 1. The van der Waals surface area contributed by atoms with Gasteiger partial charge >= 0.3 is 0 Å². The third-order valence-electron chi connectivity index (χ3n) is 1.69. The molecule has 1 amide bonds. The molecule has 0 unspecified atom stereocenters. The van der Waals surface area contributed by atoms with Crippen molar-refractivity contribution in [3.8, 4) is 5.88 Å². The molecular weight excluding hydrogens is 214 g/mol. The van der Waals surface area contributed by atoms with E-state index in [0.717, 1.165) is 6.08 Å². The SMILES string of the molecule is COc1ccc([N+](=O)[O-])c(C=CC(N)=O)n1. The molecule has 0 saturated heterocycles. The summed E-state index contributed by atoms with van der Waals surface area (Å²) >= 11 is 0. The summed E-state index contributed by atoms with van der Waals surface area (Å²) < 4.78 is 4.81. The normalized spacial score (nSPS) is 10.3. The van der Waals surface area contributed by atoms with Crippen molar-refractivity contribution in [3.05, 3.63) is 34.0 Å². The maximum atomic E-state index is 10.6. The first-order valence-electron chi connectivity index (χ1n) is 4.21. The van der Waals surface area contributed by atoms with E-state index in [-0.39, 0.29) is 17.3 Å². The van der Waals surface area contributed by atoms with Crippen molar-refractivity contribution in [2.24, 2.45) is 5.73 Å². The summed E-state index contributed by atoms with van der Waals surface area (Å²) in [7, 11) is 1.38. The second-order valence-corrected chi connectivity index (χ2v) is 2.75. The second kappa shape index (κ2) is 4.87. The summed E-state index contributed by atoms with van der Waals surface area (Å²) in [6.45, 7) is 0. The van der Waals surface area contributed by atoms with Crippen LogP contribution in [-0.2, 0) is 4.79 Å². The van der Waals surface area contributed by atoms with Crippen LogP contribution in [0.1, 0.15) is 5.69 Å². The van der Waals surface area contributed by atoms with E-state index in [9.17, 15) is 14.9 Å². The van der Waals surface area contributed by atoms with Crippen molar-refractivity contribution >= 4 is 17.7 Å². The average Bonchev–Trinajstić information content (AvgIpc) is 2.25. The van der Waals surface area contributed by atoms with Crippen LogP contribution in [-0.4, -0.2) is 22.9 Å². The summed E-state index contributed by atoms with van der Waals surface area (Å²) in [5.41, 5.74) is 4.68. The molecule has 0 aliphatic rings. The molecule has 0 saturated carbocycles. The Morgan fingerprint density at radius 2 is 2.31 bits per heavy atom. The molecule has 2 N–H and O–H groups in total. The highest BCUT2D eigenvalue weighted by molar-refractivity contribution is 5.90. The number of methoxy groups -OCH3 is 1. The van der Waals surface area contributed by atoms with E-state index in [1.165, 1.54) is 25.3 Å². The number of carbonyl (C=O) groups excluding carboxylic acids is 1. The Morgan fingerprint density at radius 1 is 1.62 bits per heavy atom. The number of pyridine rings is 1. The van der Waals surface area contributed by atoms with Gasteiger partial charge in [-0.05, 0) is 6.08 Å². The number of carbonyl (C=O) groups is 1. The summed E-state index contributed by atoms with van der Waals surface area (Å²) in [4.78, 5) is 24.4. The zero-order valence-corrected chi connectivity index (χ0v) is 8.41. The molecule has 1 heterocycles. The van der Waals surface area contributed by atoms with E-state index in [2.05, 4.69) is 4.98 Å². The predicted octanol–water partition coefficient (Wildman–Crippen LogP) is 0.497. The number of nitrogens with two attached hydrogens (primary N) is 1. The average molecular weight is 223 g/mol. The number of aromatic nitrogens is 1. The van der Waals surface area contributed by atoms with Gasteiger partial charge in [0.15, 0.2) is 0 Å². The maximum Gasteiger partial charge on any atom is 0.295 e. The zero-order valence-electron chi connectivity index (χ0n) is 8.41. The Morgan fingerprint density at radius 3 is 2.81 bits per heavy atom. The van der Waals surface area contributed by atoms with Gasteiger partial charge in [0.25, 0.3) is 5.69 Å². The Balaban J connectivity index is 3.20. The fourth-order valence-corrected chi connectivity index (χ4v) is 1.00. The highest BCUT2D eigenvalue weighted by atomic mass is 16.6. The molecule has 1 rings (SSSR count). The van der Waals surface area contributed by atoms with Gasteiger partial charge in [-0.15, -0.1) is 0 Å². The molecule has 0 fully saturated rings. The summed E-state index contributed by atoms with van der Waals surface area (Å²) in [6, 6.07) is 2.60. The molecule has 7 nitrogen and oxygen atoms in total. The minimum Gasteiger partial charge on any atom is -0.481 e. The molecule has 16 heavy (non-hydrogen) atoms. The van der Waals surface area contributed by atoms with Crippen molar-refractivity contribution in [3.63, 3.8) is 0 Å². The topological polar surface area (TPSA) is 108 Å². The number of hydrogen-bond donors (Lipinski definition) is 1. The van der Waals surface area contributed by atoms with Crippen molar-refractivity contribution < 1.29 is 14.5 Å². The lowest BCUT2D eigenvalue weighted by Crippen LogP contribution is -2.05. The van der Waals surface area contributed by atoms with Crippen LogP contribution in [0.15, 0.2) is 18.2 Å². The minimum absolute atomic E-state index is 0.0168. The fraction of sp³-hybridized carbons (Fsp3) is 0.111. The molecule has 1 aromatic rings. The number of amides is 1. The number of primary amides is 1. The van der Waals surface area contributed by atoms with Crippen LogP contribution in [0.25, 0.3) is 6.08 Å². The monoisotopic (exact) mass is 223 g/mol. The van der Waals surface area contributed by atoms with Crippen molar-refractivity contribution in [1.82, 2.24) is 4.98 Å². The van der Waals surface area contributed by atoms with Crippen LogP contribution in [0, 0.1) is 10.1 Å². The lowest BCUT2D eigenvalue weighted by molar-refractivity contribution is -0.385. The van der Waals surface area contributed by atoms with Crippen LogP contribution in [0.2, 0.25) is 0 Å². The van der Waals surface area contributed by atoms with Crippen molar-refractivity contribution in [2.45, 2.75) is 0 Å². The third kappa shape index (κ3) is 2.77. The Bertz CT molecular complexity index is 456. The molecule has 0 bridgehead atoms. The lowest BCUT2D eigenvalue weighted by atomic mass is 10.2.